The third-order valence-electron chi connectivity index (χ3n) is 2.06. The Bertz CT molecular complexity index is 531. The largest absolute Gasteiger partial charge is 0.458 e. The van der Waals surface area contributed by atoms with Crippen LogP contribution in [0.15, 0.2) is 24.5 Å². The summed E-state index contributed by atoms with van der Waals surface area (Å²) in [6.45, 7) is 3.59. The van der Waals surface area contributed by atoms with Crippen molar-refractivity contribution in [3.8, 4) is 0 Å². The van der Waals surface area contributed by atoms with Gasteiger partial charge in [-0.25, -0.2) is 9.78 Å². The van der Waals surface area contributed by atoms with Crippen molar-refractivity contribution in [2.24, 2.45) is 0 Å². The second-order valence-corrected chi connectivity index (χ2v) is 3.77. The molecular formula is C11H13N3O2. The van der Waals surface area contributed by atoms with Gasteiger partial charge >= 0.3 is 5.97 Å². The molecule has 0 saturated carbocycles. The molecule has 0 aromatic carbocycles. The second-order valence-electron chi connectivity index (χ2n) is 3.77. The number of fused-ring (bicyclic) bond motifs is 1. The fourth-order valence-corrected chi connectivity index (χ4v) is 1.41. The molecule has 0 aliphatic heterocycles. The Morgan fingerprint density at radius 1 is 1.56 bits per heavy atom. The number of rotatable bonds is 2. The highest BCUT2D eigenvalue weighted by atomic mass is 16.5. The van der Waals surface area contributed by atoms with Gasteiger partial charge in [0.05, 0.1) is 11.8 Å². The number of hydrogen-bond donors (Lipinski definition) is 1. The zero-order chi connectivity index (χ0) is 11.7. The molecule has 84 valence electrons. The molecule has 0 bridgehead atoms. The summed E-state index contributed by atoms with van der Waals surface area (Å²) in [5.74, 6) is -0.432. The molecule has 2 aromatic rings. The molecule has 0 spiro atoms. The second kappa shape index (κ2) is 3.84. The van der Waals surface area contributed by atoms with E-state index in [9.17, 15) is 4.79 Å². The first-order valence-corrected chi connectivity index (χ1v) is 5.02. The van der Waals surface area contributed by atoms with Crippen molar-refractivity contribution in [2.45, 2.75) is 20.0 Å². The molecule has 0 amide bonds. The third-order valence-corrected chi connectivity index (χ3v) is 2.06. The minimum absolute atomic E-state index is 0.158. The molecule has 0 radical (unpaired) electrons. The Morgan fingerprint density at radius 3 is 2.94 bits per heavy atom. The number of esters is 1. The molecule has 5 nitrogen and oxygen atoms in total. The number of carbonyl (C=O) groups is 1. The van der Waals surface area contributed by atoms with Crippen molar-refractivity contribution in [1.82, 2.24) is 9.38 Å². The van der Waals surface area contributed by atoms with E-state index in [1.807, 2.05) is 0 Å². The van der Waals surface area contributed by atoms with Crippen molar-refractivity contribution in [1.29, 1.82) is 0 Å². The van der Waals surface area contributed by atoms with E-state index in [0.29, 0.717) is 11.3 Å². The summed E-state index contributed by atoms with van der Waals surface area (Å²) in [6.07, 6.45) is 3.23. The van der Waals surface area contributed by atoms with E-state index in [1.54, 1.807) is 42.8 Å². The maximum Gasteiger partial charge on any atom is 0.358 e. The van der Waals surface area contributed by atoms with Crippen molar-refractivity contribution in [3.05, 3.63) is 30.2 Å². The van der Waals surface area contributed by atoms with Gasteiger partial charge in [0.2, 0.25) is 0 Å². The molecule has 0 unspecified atom stereocenters. The molecule has 16 heavy (non-hydrogen) atoms. The molecule has 0 aliphatic rings. The molecule has 5 heteroatoms. The van der Waals surface area contributed by atoms with Gasteiger partial charge < -0.3 is 14.9 Å². The van der Waals surface area contributed by atoms with Crippen LogP contribution in [-0.2, 0) is 4.74 Å². The van der Waals surface area contributed by atoms with Gasteiger partial charge in [-0.15, -0.1) is 0 Å². The Labute approximate surface area is 92.8 Å². The van der Waals surface area contributed by atoms with Crippen LogP contribution < -0.4 is 5.73 Å². The lowest BCUT2D eigenvalue weighted by atomic mass is 10.4. The van der Waals surface area contributed by atoms with Gasteiger partial charge in [-0.1, -0.05) is 0 Å². The van der Waals surface area contributed by atoms with Crippen LogP contribution in [0.5, 0.6) is 0 Å². The van der Waals surface area contributed by atoms with Gasteiger partial charge in [-0.05, 0) is 26.0 Å². The number of anilines is 1. The lowest BCUT2D eigenvalue weighted by Gasteiger charge is -2.04. The van der Waals surface area contributed by atoms with Crippen LogP contribution in [0, 0.1) is 0 Å². The van der Waals surface area contributed by atoms with E-state index in [4.69, 9.17) is 10.5 Å². The maximum atomic E-state index is 11.6. The summed E-state index contributed by atoms with van der Waals surface area (Å²) in [4.78, 5) is 15.7. The fraction of sp³-hybridized carbons (Fsp3) is 0.273. The standard InChI is InChI=1S/C11H13N3O2/c1-7(2)16-11(15)9-6-14-5-3-4-8(12)10(14)13-9/h3-7H,12H2,1-2H3. The van der Waals surface area contributed by atoms with E-state index < -0.39 is 5.97 Å². The van der Waals surface area contributed by atoms with Gasteiger partial charge in [0.15, 0.2) is 11.3 Å². The van der Waals surface area contributed by atoms with Crippen molar-refractivity contribution < 1.29 is 9.53 Å². The Balaban J connectivity index is 2.40. The Hall–Kier alpha value is -2.04. The van der Waals surface area contributed by atoms with E-state index in [-0.39, 0.29) is 11.8 Å². The monoisotopic (exact) mass is 219 g/mol. The highest BCUT2D eigenvalue weighted by Crippen LogP contribution is 2.13. The van der Waals surface area contributed by atoms with Gasteiger partial charge in [-0.2, -0.15) is 0 Å². The van der Waals surface area contributed by atoms with Crippen LogP contribution in [0.1, 0.15) is 24.3 Å². The lowest BCUT2D eigenvalue weighted by molar-refractivity contribution is 0.0371. The first kappa shape index (κ1) is 10.5. The smallest absolute Gasteiger partial charge is 0.358 e. The number of nitrogens with zero attached hydrogens (tertiary/aromatic N) is 2. The predicted octanol–water partition coefficient (Wildman–Crippen LogP) is 1.48. The van der Waals surface area contributed by atoms with Crippen molar-refractivity contribution in [3.63, 3.8) is 0 Å². The fourth-order valence-electron chi connectivity index (χ4n) is 1.41. The molecule has 2 heterocycles. The SMILES string of the molecule is CC(C)OC(=O)c1cn2cccc(N)c2n1. The van der Waals surface area contributed by atoms with Gasteiger partial charge in [0.1, 0.15) is 0 Å². The Morgan fingerprint density at radius 2 is 2.31 bits per heavy atom. The average Bonchev–Trinajstić information content (AvgIpc) is 2.61. The van der Waals surface area contributed by atoms with E-state index in [1.165, 1.54) is 0 Å². The highest BCUT2D eigenvalue weighted by Gasteiger charge is 2.14. The number of aromatic nitrogens is 2. The van der Waals surface area contributed by atoms with E-state index in [0.717, 1.165) is 0 Å². The third kappa shape index (κ3) is 1.84. The van der Waals surface area contributed by atoms with Gasteiger partial charge in [-0.3, -0.25) is 0 Å². The summed E-state index contributed by atoms with van der Waals surface area (Å²) >= 11 is 0. The Kier molecular flexibility index (Phi) is 2.52. The normalized spacial score (nSPS) is 10.9. The van der Waals surface area contributed by atoms with Crippen LogP contribution >= 0.6 is 0 Å². The summed E-state index contributed by atoms with van der Waals surface area (Å²) < 4.78 is 6.75. The summed E-state index contributed by atoms with van der Waals surface area (Å²) in [5, 5.41) is 0. The van der Waals surface area contributed by atoms with Crippen molar-refractivity contribution in [2.75, 3.05) is 5.73 Å². The summed E-state index contributed by atoms with van der Waals surface area (Å²) in [6, 6.07) is 3.53. The first-order chi connectivity index (χ1) is 7.58. The molecular weight excluding hydrogens is 206 g/mol. The lowest BCUT2D eigenvalue weighted by Crippen LogP contribution is -2.11. The number of pyridine rings is 1. The number of hydrogen-bond acceptors (Lipinski definition) is 4. The number of carbonyl (C=O) groups excluding carboxylic acids is 1. The predicted molar refractivity (Wildman–Crippen MR) is 60.2 cm³/mol. The first-order valence-electron chi connectivity index (χ1n) is 5.02. The molecule has 2 rings (SSSR count). The maximum absolute atomic E-state index is 11.6. The summed E-state index contributed by atoms with van der Waals surface area (Å²) in [5.41, 5.74) is 7.11. The number of nitrogens with two attached hydrogens (primary N) is 1. The molecule has 2 N–H and O–H groups in total. The van der Waals surface area contributed by atoms with Crippen LogP contribution in [0.25, 0.3) is 5.65 Å². The quantitative estimate of drug-likeness (QED) is 0.777. The van der Waals surface area contributed by atoms with Crippen molar-refractivity contribution >= 4 is 17.3 Å². The average molecular weight is 219 g/mol. The summed E-state index contributed by atoms with van der Waals surface area (Å²) in [7, 11) is 0. The van der Waals surface area contributed by atoms with Crippen LogP contribution in [0.3, 0.4) is 0 Å². The number of nitrogen functional groups attached to an aromatic ring is 1. The minimum atomic E-state index is -0.432. The van der Waals surface area contributed by atoms with Gasteiger partial charge in [0.25, 0.3) is 0 Å². The molecule has 0 saturated heterocycles. The van der Waals surface area contributed by atoms with Gasteiger partial charge in [0, 0.05) is 12.4 Å². The number of ether oxygens (including phenoxy) is 1. The number of imidazole rings is 1. The van der Waals surface area contributed by atoms with E-state index >= 15 is 0 Å². The molecule has 2 aromatic heterocycles. The zero-order valence-electron chi connectivity index (χ0n) is 9.18. The molecule has 0 aliphatic carbocycles. The van der Waals surface area contributed by atoms with Crippen LogP contribution in [-0.4, -0.2) is 21.5 Å². The molecule has 0 atom stereocenters. The topological polar surface area (TPSA) is 69.6 Å². The van der Waals surface area contributed by atoms with Crippen LogP contribution in [0.4, 0.5) is 5.69 Å². The highest BCUT2D eigenvalue weighted by molar-refractivity contribution is 5.88. The minimum Gasteiger partial charge on any atom is -0.458 e. The zero-order valence-corrected chi connectivity index (χ0v) is 9.18. The van der Waals surface area contributed by atoms with Crippen LogP contribution in [0.2, 0.25) is 0 Å². The van der Waals surface area contributed by atoms with E-state index in [2.05, 4.69) is 4.98 Å². The molecule has 0 fully saturated rings.